The molecule has 1 aliphatic carbocycles. The standard InChI is InChI=1S/C22H31N3O2/c1-5-12-24(13-6-2)22(27)11-14-25(19-9-10-19)16-21(26)23-20-15-17(3)7-8-18(20)4/h5-8,15,19H,1-2,9-14,16H2,3-4H3,(H,23,26). The van der Waals surface area contributed by atoms with Crippen molar-refractivity contribution < 1.29 is 9.59 Å². The molecule has 1 N–H and O–H groups in total. The van der Waals surface area contributed by atoms with E-state index in [1.807, 2.05) is 32.0 Å². The fraction of sp³-hybridized carbons (Fsp3) is 0.455. The summed E-state index contributed by atoms with van der Waals surface area (Å²) < 4.78 is 0. The Kier molecular flexibility index (Phi) is 7.80. The lowest BCUT2D eigenvalue weighted by Crippen LogP contribution is -2.39. The molecule has 1 saturated carbocycles. The number of aryl methyl sites for hydroxylation is 2. The van der Waals surface area contributed by atoms with Gasteiger partial charge in [-0.15, -0.1) is 13.2 Å². The summed E-state index contributed by atoms with van der Waals surface area (Å²) in [5.74, 6) is 0.0347. The molecule has 0 heterocycles. The molecule has 146 valence electrons. The summed E-state index contributed by atoms with van der Waals surface area (Å²) in [5.41, 5.74) is 3.02. The summed E-state index contributed by atoms with van der Waals surface area (Å²) in [7, 11) is 0. The number of hydrogen-bond acceptors (Lipinski definition) is 3. The van der Waals surface area contributed by atoms with E-state index < -0.39 is 0 Å². The van der Waals surface area contributed by atoms with Gasteiger partial charge in [0.05, 0.1) is 6.54 Å². The van der Waals surface area contributed by atoms with E-state index in [4.69, 9.17) is 0 Å². The van der Waals surface area contributed by atoms with Crippen molar-refractivity contribution in [2.45, 2.75) is 39.2 Å². The Labute approximate surface area is 162 Å². The molecule has 1 aromatic carbocycles. The molecule has 5 nitrogen and oxygen atoms in total. The molecule has 1 fully saturated rings. The highest BCUT2D eigenvalue weighted by molar-refractivity contribution is 5.93. The summed E-state index contributed by atoms with van der Waals surface area (Å²) in [6.45, 7) is 13.3. The lowest BCUT2D eigenvalue weighted by atomic mass is 10.1. The average Bonchev–Trinajstić information content (AvgIpc) is 3.46. The maximum Gasteiger partial charge on any atom is 0.238 e. The molecular weight excluding hydrogens is 338 g/mol. The van der Waals surface area contributed by atoms with Crippen molar-refractivity contribution in [2.24, 2.45) is 0 Å². The maximum absolute atomic E-state index is 12.5. The van der Waals surface area contributed by atoms with E-state index in [1.165, 1.54) is 0 Å². The monoisotopic (exact) mass is 369 g/mol. The van der Waals surface area contributed by atoms with Crippen LogP contribution >= 0.6 is 0 Å². The molecule has 1 aromatic rings. The van der Waals surface area contributed by atoms with E-state index in [0.717, 1.165) is 29.7 Å². The van der Waals surface area contributed by atoms with Gasteiger partial charge in [0.25, 0.3) is 0 Å². The first kappa shape index (κ1) is 20.9. The zero-order valence-electron chi connectivity index (χ0n) is 16.5. The van der Waals surface area contributed by atoms with Crippen LogP contribution in [0.1, 0.15) is 30.4 Å². The molecule has 0 spiro atoms. The van der Waals surface area contributed by atoms with Crippen LogP contribution in [-0.2, 0) is 9.59 Å². The second-order valence-corrected chi connectivity index (χ2v) is 7.19. The number of carbonyl (C=O) groups excluding carboxylic acids is 2. The van der Waals surface area contributed by atoms with Crippen LogP contribution in [0.25, 0.3) is 0 Å². The normalized spacial score (nSPS) is 13.3. The summed E-state index contributed by atoms with van der Waals surface area (Å²) in [6, 6.07) is 6.44. The SMILES string of the molecule is C=CCN(CC=C)C(=O)CCN(CC(=O)Nc1cc(C)ccc1C)C1CC1. The van der Waals surface area contributed by atoms with Crippen molar-refractivity contribution in [3.63, 3.8) is 0 Å². The Balaban J connectivity index is 1.90. The summed E-state index contributed by atoms with van der Waals surface area (Å²) in [6.07, 6.45) is 6.02. The number of nitrogens with one attached hydrogen (secondary N) is 1. The minimum atomic E-state index is -0.0305. The molecule has 0 bridgehead atoms. The van der Waals surface area contributed by atoms with Crippen molar-refractivity contribution >= 4 is 17.5 Å². The zero-order valence-corrected chi connectivity index (χ0v) is 16.5. The first-order valence-corrected chi connectivity index (χ1v) is 9.55. The molecule has 0 atom stereocenters. The van der Waals surface area contributed by atoms with E-state index >= 15 is 0 Å². The number of nitrogens with zero attached hydrogens (tertiary/aromatic N) is 2. The second-order valence-electron chi connectivity index (χ2n) is 7.19. The molecule has 5 heteroatoms. The summed E-state index contributed by atoms with van der Waals surface area (Å²) in [5, 5.41) is 3.01. The molecule has 2 amide bonds. The third kappa shape index (κ3) is 6.68. The van der Waals surface area contributed by atoms with Crippen molar-refractivity contribution in [3.05, 3.63) is 54.6 Å². The summed E-state index contributed by atoms with van der Waals surface area (Å²) in [4.78, 5) is 28.8. The van der Waals surface area contributed by atoms with Crippen LogP contribution in [0.2, 0.25) is 0 Å². The van der Waals surface area contributed by atoms with Gasteiger partial charge in [0, 0.05) is 37.8 Å². The van der Waals surface area contributed by atoms with Crippen LogP contribution in [0, 0.1) is 13.8 Å². The number of hydrogen-bond donors (Lipinski definition) is 1. The fourth-order valence-corrected chi connectivity index (χ4v) is 3.06. The Bertz CT molecular complexity index is 685. The molecule has 0 radical (unpaired) electrons. The van der Waals surface area contributed by atoms with Gasteiger partial charge in [-0.2, -0.15) is 0 Å². The molecule has 1 aliphatic rings. The quantitative estimate of drug-likeness (QED) is 0.609. The van der Waals surface area contributed by atoms with Crippen molar-refractivity contribution in [3.8, 4) is 0 Å². The molecule has 2 rings (SSSR count). The largest absolute Gasteiger partial charge is 0.335 e. The third-order valence-corrected chi connectivity index (χ3v) is 4.74. The van der Waals surface area contributed by atoms with Gasteiger partial charge in [0.1, 0.15) is 0 Å². The lowest BCUT2D eigenvalue weighted by molar-refractivity contribution is -0.131. The number of amides is 2. The lowest BCUT2D eigenvalue weighted by Gasteiger charge is -2.24. The van der Waals surface area contributed by atoms with Crippen LogP contribution in [0.4, 0.5) is 5.69 Å². The predicted octanol–water partition coefficient (Wildman–Crippen LogP) is 3.30. The van der Waals surface area contributed by atoms with Gasteiger partial charge in [0.15, 0.2) is 0 Å². The predicted molar refractivity (Wildman–Crippen MR) is 111 cm³/mol. The highest BCUT2D eigenvalue weighted by atomic mass is 16.2. The van der Waals surface area contributed by atoms with Crippen LogP contribution in [0.15, 0.2) is 43.5 Å². The fourth-order valence-electron chi connectivity index (χ4n) is 3.06. The van der Waals surface area contributed by atoms with Gasteiger partial charge in [-0.25, -0.2) is 0 Å². The third-order valence-electron chi connectivity index (χ3n) is 4.74. The molecular formula is C22H31N3O2. The van der Waals surface area contributed by atoms with Crippen molar-refractivity contribution in [1.82, 2.24) is 9.80 Å². The van der Waals surface area contributed by atoms with Crippen LogP contribution in [0.5, 0.6) is 0 Å². The van der Waals surface area contributed by atoms with E-state index in [9.17, 15) is 9.59 Å². The highest BCUT2D eigenvalue weighted by Gasteiger charge is 2.30. The van der Waals surface area contributed by atoms with E-state index in [-0.39, 0.29) is 11.8 Å². The Morgan fingerprint density at radius 3 is 2.44 bits per heavy atom. The van der Waals surface area contributed by atoms with Gasteiger partial charge in [-0.3, -0.25) is 14.5 Å². The molecule has 0 saturated heterocycles. The van der Waals surface area contributed by atoms with Crippen LogP contribution in [-0.4, -0.2) is 53.8 Å². The number of benzene rings is 1. The van der Waals surface area contributed by atoms with Crippen molar-refractivity contribution in [1.29, 1.82) is 0 Å². The maximum atomic E-state index is 12.5. The minimum absolute atomic E-state index is 0.0305. The summed E-state index contributed by atoms with van der Waals surface area (Å²) >= 11 is 0. The zero-order chi connectivity index (χ0) is 19.8. The van der Waals surface area contributed by atoms with Crippen LogP contribution in [0.3, 0.4) is 0 Å². The number of carbonyl (C=O) groups is 2. The molecule has 0 aliphatic heterocycles. The minimum Gasteiger partial charge on any atom is -0.335 e. The first-order valence-electron chi connectivity index (χ1n) is 9.55. The van der Waals surface area contributed by atoms with Crippen molar-refractivity contribution in [2.75, 3.05) is 31.5 Å². The van der Waals surface area contributed by atoms with Gasteiger partial charge >= 0.3 is 0 Å². The second kappa shape index (κ2) is 10.1. The van der Waals surface area contributed by atoms with E-state index in [0.29, 0.717) is 38.6 Å². The highest BCUT2D eigenvalue weighted by Crippen LogP contribution is 2.27. The van der Waals surface area contributed by atoms with Gasteiger partial charge < -0.3 is 10.2 Å². The topological polar surface area (TPSA) is 52.7 Å². The van der Waals surface area contributed by atoms with Gasteiger partial charge in [-0.05, 0) is 43.9 Å². The van der Waals surface area contributed by atoms with Gasteiger partial charge in [0.2, 0.25) is 11.8 Å². The molecule has 0 aromatic heterocycles. The van der Waals surface area contributed by atoms with Gasteiger partial charge in [-0.1, -0.05) is 24.3 Å². The smallest absolute Gasteiger partial charge is 0.238 e. The Morgan fingerprint density at radius 1 is 1.19 bits per heavy atom. The number of rotatable bonds is 11. The van der Waals surface area contributed by atoms with E-state index in [1.54, 1.807) is 17.1 Å². The first-order chi connectivity index (χ1) is 12.9. The molecule has 27 heavy (non-hydrogen) atoms. The molecule has 0 unspecified atom stereocenters. The number of anilines is 1. The van der Waals surface area contributed by atoms with E-state index in [2.05, 4.69) is 23.4 Å². The van der Waals surface area contributed by atoms with Crippen LogP contribution < -0.4 is 5.32 Å². The average molecular weight is 370 g/mol. The Hall–Kier alpha value is -2.40. The Morgan fingerprint density at radius 2 is 1.85 bits per heavy atom.